The Bertz CT molecular complexity index is 512. The number of aromatic nitrogens is 1. The average Bonchev–Trinajstić information content (AvgIpc) is 3.25. The zero-order valence-electron chi connectivity index (χ0n) is 11.8. The lowest BCUT2D eigenvalue weighted by Gasteiger charge is -2.15. The first-order valence-electron chi connectivity index (χ1n) is 6.91. The van der Waals surface area contributed by atoms with Crippen LogP contribution in [0.15, 0.2) is 24.5 Å². The first kappa shape index (κ1) is 15.0. The van der Waals surface area contributed by atoms with Crippen LogP contribution in [0.2, 0.25) is 5.02 Å². The van der Waals surface area contributed by atoms with Crippen LogP contribution in [0.3, 0.4) is 0 Å². The minimum absolute atomic E-state index is 0.107. The molecule has 0 aromatic carbocycles. The predicted octanol–water partition coefficient (Wildman–Crippen LogP) is 3.48. The summed E-state index contributed by atoms with van der Waals surface area (Å²) in [6.07, 6.45) is 5.53. The van der Waals surface area contributed by atoms with Gasteiger partial charge >= 0.3 is 0 Å². The van der Waals surface area contributed by atoms with Crippen LogP contribution in [0.4, 0.5) is 0 Å². The Hall–Kier alpha value is -1.39. The Kier molecular flexibility index (Phi) is 5.15. The van der Waals surface area contributed by atoms with Crippen molar-refractivity contribution in [3.63, 3.8) is 0 Å². The van der Waals surface area contributed by atoms with Gasteiger partial charge < -0.3 is 15.5 Å². The van der Waals surface area contributed by atoms with Crippen molar-refractivity contribution in [1.29, 1.82) is 5.41 Å². The number of pyridine rings is 1. The lowest BCUT2D eigenvalue weighted by Crippen LogP contribution is -2.25. The van der Waals surface area contributed by atoms with Crippen LogP contribution >= 0.6 is 11.6 Å². The second kappa shape index (κ2) is 6.86. The Balaban J connectivity index is 2.23. The zero-order chi connectivity index (χ0) is 14.5. The number of hydrogen-bond acceptors (Lipinski definition) is 4. The molecule has 1 fully saturated rings. The number of rotatable bonds is 7. The summed E-state index contributed by atoms with van der Waals surface area (Å²) in [4.78, 5) is 4.31. The Morgan fingerprint density at radius 3 is 3.00 bits per heavy atom. The molecule has 1 aromatic rings. The van der Waals surface area contributed by atoms with Gasteiger partial charge in [0.25, 0.3) is 0 Å². The Morgan fingerprint density at radius 2 is 2.40 bits per heavy atom. The molecule has 0 radical (unpaired) electrons. The first-order chi connectivity index (χ1) is 9.63. The molecule has 1 saturated carbocycles. The topological polar surface area (TPSA) is 58.0 Å². The van der Waals surface area contributed by atoms with Crippen LogP contribution < -0.4 is 5.32 Å². The molecule has 2 N–H and O–H groups in total. The van der Waals surface area contributed by atoms with E-state index in [1.807, 2.05) is 13.8 Å². The SMILES string of the molecule is CCOC(C)N/C=C(\C(=N)C1CC1)c1ncccc1Cl. The van der Waals surface area contributed by atoms with Gasteiger partial charge in [0.15, 0.2) is 0 Å². The fourth-order valence-electron chi connectivity index (χ4n) is 1.95. The van der Waals surface area contributed by atoms with Gasteiger partial charge in [-0.1, -0.05) is 11.6 Å². The molecule has 1 aliphatic rings. The number of nitrogens with zero attached hydrogens (tertiary/aromatic N) is 1. The van der Waals surface area contributed by atoms with Crippen LogP contribution in [0, 0.1) is 11.3 Å². The van der Waals surface area contributed by atoms with Crippen molar-refractivity contribution in [3.05, 3.63) is 35.2 Å². The maximum absolute atomic E-state index is 8.30. The minimum atomic E-state index is -0.107. The summed E-state index contributed by atoms with van der Waals surface area (Å²) >= 11 is 6.21. The van der Waals surface area contributed by atoms with Gasteiger partial charge in [-0.25, -0.2) is 0 Å². The van der Waals surface area contributed by atoms with E-state index in [0.717, 1.165) is 18.4 Å². The summed E-state index contributed by atoms with van der Waals surface area (Å²) < 4.78 is 5.43. The molecule has 1 aliphatic carbocycles. The number of nitrogens with one attached hydrogen (secondary N) is 2. The van der Waals surface area contributed by atoms with Crippen LogP contribution in [0.1, 0.15) is 32.4 Å². The molecular weight excluding hydrogens is 274 g/mol. The fourth-order valence-corrected chi connectivity index (χ4v) is 2.17. The number of ether oxygens (including phenoxy) is 1. The lowest BCUT2D eigenvalue weighted by atomic mass is 10.0. The van der Waals surface area contributed by atoms with Gasteiger partial charge in [0.1, 0.15) is 6.23 Å². The molecule has 0 saturated heterocycles. The van der Waals surface area contributed by atoms with Crippen molar-refractivity contribution >= 4 is 22.9 Å². The molecule has 1 aromatic heterocycles. The molecule has 1 heterocycles. The fraction of sp³-hybridized carbons (Fsp3) is 0.467. The van der Waals surface area contributed by atoms with E-state index < -0.39 is 0 Å². The Morgan fingerprint density at radius 1 is 1.65 bits per heavy atom. The van der Waals surface area contributed by atoms with E-state index in [1.54, 1.807) is 24.5 Å². The van der Waals surface area contributed by atoms with E-state index in [4.69, 9.17) is 21.7 Å². The van der Waals surface area contributed by atoms with Gasteiger partial charge in [-0.05, 0) is 38.8 Å². The summed E-state index contributed by atoms with van der Waals surface area (Å²) in [6.45, 7) is 4.52. The molecule has 0 aliphatic heterocycles. The van der Waals surface area contributed by atoms with Gasteiger partial charge in [-0.3, -0.25) is 4.98 Å². The van der Waals surface area contributed by atoms with Crippen LogP contribution in [0.25, 0.3) is 5.57 Å². The second-order valence-corrected chi connectivity index (χ2v) is 5.25. The molecule has 4 nitrogen and oxygen atoms in total. The highest BCUT2D eigenvalue weighted by molar-refractivity contribution is 6.35. The third-order valence-corrected chi connectivity index (χ3v) is 3.47. The normalized spacial score (nSPS) is 16.9. The van der Waals surface area contributed by atoms with E-state index in [0.29, 0.717) is 29.0 Å². The van der Waals surface area contributed by atoms with Crippen molar-refractivity contribution in [1.82, 2.24) is 10.3 Å². The molecule has 0 spiro atoms. The van der Waals surface area contributed by atoms with Crippen molar-refractivity contribution in [2.24, 2.45) is 5.92 Å². The molecule has 20 heavy (non-hydrogen) atoms. The smallest absolute Gasteiger partial charge is 0.124 e. The van der Waals surface area contributed by atoms with Crippen LogP contribution in [-0.2, 0) is 4.74 Å². The predicted molar refractivity (Wildman–Crippen MR) is 81.9 cm³/mol. The second-order valence-electron chi connectivity index (χ2n) is 4.84. The number of halogens is 1. The largest absolute Gasteiger partial charge is 0.366 e. The van der Waals surface area contributed by atoms with E-state index >= 15 is 0 Å². The highest BCUT2D eigenvalue weighted by Gasteiger charge is 2.30. The van der Waals surface area contributed by atoms with Gasteiger partial charge in [0.2, 0.25) is 0 Å². The van der Waals surface area contributed by atoms with E-state index in [1.165, 1.54) is 0 Å². The quantitative estimate of drug-likeness (QED) is 0.598. The summed E-state index contributed by atoms with van der Waals surface area (Å²) in [6, 6.07) is 3.59. The summed E-state index contributed by atoms with van der Waals surface area (Å²) in [5.41, 5.74) is 2.01. The highest BCUT2D eigenvalue weighted by atomic mass is 35.5. The van der Waals surface area contributed by atoms with Gasteiger partial charge in [-0.2, -0.15) is 0 Å². The summed E-state index contributed by atoms with van der Waals surface area (Å²) in [5, 5.41) is 12.0. The molecule has 1 atom stereocenters. The number of allylic oxidation sites excluding steroid dienone is 1. The van der Waals surface area contributed by atoms with Gasteiger partial charge in [0.05, 0.1) is 10.7 Å². The summed E-state index contributed by atoms with van der Waals surface area (Å²) in [5.74, 6) is 0.337. The van der Waals surface area contributed by atoms with Crippen LogP contribution in [0.5, 0.6) is 0 Å². The number of hydrogen-bond donors (Lipinski definition) is 2. The van der Waals surface area contributed by atoms with Gasteiger partial charge in [0, 0.05) is 36.2 Å². The zero-order valence-corrected chi connectivity index (χ0v) is 12.6. The summed E-state index contributed by atoms with van der Waals surface area (Å²) in [7, 11) is 0. The van der Waals surface area contributed by atoms with E-state index in [-0.39, 0.29) is 6.23 Å². The molecule has 5 heteroatoms. The highest BCUT2D eigenvalue weighted by Crippen LogP contribution is 2.36. The standard InChI is InChI=1S/C15H20ClN3O/c1-3-20-10(2)19-9-12(14(17)11-6-7-11)15-13(16)5-4-8-18-15/h4-5,8-11,17,19H,3,6-7H2,1-2H3/b12-9+,17-14?. The minimum Gasteiger partial charge on any atom is -0.366 e. The van der Waals surface area contributed by atoms with Gasteiger partial charge in [-0.15, -0.1) is 0 Å². The van der Waals surface area contributed by atoms with Crippen molar-refractivity contribution < 1.29 is 4.74 Å². The third kappa shape index (κ3) is 3.81. The maximum Gasteiger partial charge on any atom is 0.124 e. The van der Waals surface area contributed by atoms with Crippen molar-refractivity contribution in [3.8, 4) is 0 Å². The van der Waals surface area contributed by atoms with Crippen molar-refractivity contribution in [2.45, 2.75) is 32.9 Å². The lowest BCUT2D eigenvalue weighted by molar-refractivity contribution is 0.0622. The molecule has 0 amide bonds. The molecule has 1 unspecified atom stereocenters. The van der Waals surface area contributed by atoms with Crippen LogP contribution in [-0.4, -0.2) is 23.5 Å². The average molecular weight is 294 g/mol. The monoisotopic (exact) mass is 293 g/mol. The Labute approximate surface area is 124 Å². The van der Waals surface area contributed by atoms with Crippen molar-refractivity contribution in [2.75, 3.05) is 6.61 Å². The molecular formula is C15H20ClN3O. The maximum atomic E-state index is 8.30. The van der Waals surface area contributed by atoms with E-state index in [9.17, 15) is 0 Å². The molecule has 0 bridgehead atoms. The first-order valence-corrected chi connectivity index (χ1v) is 7.28. The molecule has 2 rings (SSSR count). The molecule has 108 valence electrons. The third-order valence-electron chi connectivity index (χ3n) is 3.17. The van der Waals surface area contributed by atoms with E-state index in [2.05, 4.69) is 10.3 Å².